The Bertz CT molecular complexity index is 1040. The van der Waals surface area contributed by atoms with Crippen LogP contribution in [0.2, 0.25) is 5.02 Å². The molecule has 0 fully saturated rings. The molecular weight excluding hydrogens is 453 g/mol. The largest absolute Gasteiger partial charge is 0.486 e. The van der Waals surface area contributed by atoms with Crippen molar-refractivity contribution in [3.63, 3.8) is 0 Å². The van der Waals surface area contributed by atoms with Gasteiger partial charge in [-0.25, -0.2) is 9.97 Å². The van der Waals surface area contributed by atoms with Crippen molar-refractivity contribution >= 4 is 34.7 Å². The number of aromatic nitrogens is 2. The second-order valence-electron chi connectivity index (χ2n) is 6.34. The zero-order valence-corrected chi connectivity index (χ0v) is 17.9. The van der Waals surface area contributed by atoms with Crippen LogP contribution in [0.3, 0.4) is 0 Å². The highest BCUT2D eigenvalue weighted by molar-refractivity contribution is 7.13. The average molecular weight is 471 g/mol. The van der Waals surface area contributed by atoms with Gasteiger partial charge in [-0.05, 0) is 43.3 Å². The van der Waals surface area contributed by atoms with E-state index in [2.05, 4.69) is 20.6 Å². The van der Waals surface area contributed by atoms with Crippen molar-refractivity contribution in [3.05, 3.63) is 68.8 Å². The van der Waals surface area contributed by atoms with E-state index in [1.807, 2.05) is 0 Å². The number of hydrogen-bond acceptors (Lipinski definition) is 6. The summed E-state index contributed by atoms with van der Waals surface area (Å²) in [5, 5.41) is 6.49. The van der Waals surface area contributed by atoms with E-state index in [4.69, 9.17) is 16.3 Å². The molecule has 31 heavy (non-hydrogen) atoms. The van der Waals surface area contributed by atoms with E-state index in [0.717, 1.165) is 6.07 Å². The van der Waals surface area contributed by atoms with Gasteiger partial charge in [-0.3, -0.25) is 4.79 Å². The molecule has 0 spiro atoms. The number of carbonyl (C=O) groups excluding carboxylic acids is 1. The number of hydrogen-bond donors (Lipinski definition) is 2. The molecule has 11 heteroatoms. The summed E-state index contributed by atoms with van der Waals surface area (Å²) in [5.74, 6) is -0.00598. The van der Waals surface area contributed by atoms with Gasteiger partial charge in [0.1, 0.15) is 28.1 Å². The molecule has 164 valence electrons. The third-order valence-electron chi connectivity index (χ3n) is 4.04. The Labute approximate surface area is 185 Å². The second-order valence-corrected chi connectivity index (χ2v) is 7.86. The smallest absolute Gasteiger partial charge is 0.419 e. The van der Waals surface area contributed by atoms with Gasteiger partial charge in [0.15, 0.2) is 0 Å². The number of thiazole rings is 1. The Morgan fingerprint density at radius 2 is 1.94 bits per heavy atom. The van der Waals surface area contributed by atoms with E-state index >= 15 is 0 Å². The number of alkyl halides is 3. The quantitative estimate of drug-likeness (QED) is 0.456. The maximum absolute atomic E-state index is 13.0. The molecule has 0 aliphatic heterocycles. The summed E-state index contributed by atoms with van der Waals surface area (Å²) in [6.45, 7) is 2.09. The maximum Gasteiger partial charge on any atom is 0.419 e. The lowest BCUT2D eigenvalue weighted by atomic mass is 10.2. The first-order valence-corrected chi connectivity index (χ1v) is 10.3. The minimum Gasteiger partial charge on any atom is -0.486 e. The van der Waals surface area contributed by atoms with Gasteiger partial charge in [-0.2, -0.15) is 13.2 Å². The summed E-state index contributed by atoms with van der Waals surface area (Å²) in [6, 6.07) is 9.04. The van der Waals surface area contributed by atoms with Gasteiger partial charge in [-0.15, -0.1) is 11.3 Å². The Morgan fingerprint density at radius 1 is 1.19 bits per heavy atom. The van der Waals surface area contributed by atoms with Crippen molar-refractivity contribution in [1.29, 1.82) is 0 Å². The first-order valence-electron chi connectivity index (χ1n) is 9.13. The standard InChI is InChI=1S/C20H18ClF3N4O2S/c1-12-17(31-16(28-12)11-30-14-6-4-13(21)5-7-14)19(29)27-10-9-26-18-15(20(22,23)24)3-2-8-25-18/h2-8H,9-11H2,1H3,(H,25,26)(H,27,29). The predicted octanol–water partition coefficient (Wildman–Crippen LogP) is 4.94. The highest BCUT2D eigenvalue weighted by Gasteiger charge is 2.33. The molecule has 3 aromatic rings. The third kappa shape index (κ3) is 6.31. The zero-order valence-electron chi connectivity index (χ0n) is 16.3. The molecule has 0 aliphatic carbocycles. The number of amides is 1. The van der Waals surface area contributed by atoms with Crippen LogP contribution in [0.5, 0.6) is 5.75 Å². The number of rotatable bonds is 8. The van der Waals surface area contributed by atoms with Crippen LogP contribution in [0.15, 0.2) is 42.6 Å². The van der Waals surface area contributed by atoms with Gasteiger partial charge >= 0.3 is 6.18 Å². The molecule has 6 nitrogen and oxygen atoms in total. The SMILES string of the molecule is Cc1nc(COc2ccc(Cl)cc2)sc1C(=O)NCCNc1ncccc1C(F)(F)F. The Morgan fingerprint density at radius 3 is 2.65 bits per heavy atom. The monoisotopic (exact) mass is 470 g/mol. The van der Waals surface area contributed by atoms with Crippen LogP contribution < -0.4 is 15.4 Å². The Kier molecular flexibility index (Phi) is 7.34. The number of nitrogens with one attached hydrogen (secondary N) is 2. The number of pyridine rings is 1. The highest BCUT2D eigenvalue weighted by Crippen LogP contribution is 2.33. The fourth-order valence-electron chi connectivity index (χ4n) is 2.61. The van der Waals surface area contributed by atoms with E-state index in [1.54, 1.807) is 31.2 Å². The summed E-state index contributed by atoms with van der Waals surface area (Å²) >= 11 is 7.03. The predicted molar refractivity (Wildman–Crippen MR) is 113 cm³/mol. The molecule has 0 saturated carbocycles. The van der Waals surface area contributed by atoms with Gasteiger partial charge < -0.3 is 15.4 Å². The van der Waals surface area contributed by atoms with Gasteiger partial charge in [0.2, 0.25) is 0 Å². The number of anilines is 1. The molecule has 0 radical (unpaired) electrons. The van der Waals surface area contributed by atoms with Crippen LogP contribution in [-0.4, -0.2) is 29.0 Å². The van der Waals surface area contributed by atoms with E-state index in [0.29, 0.717) is 26.4 Å². The summed E-state index contributed by atoms with van der Waals surface area (Å²) < 4.78 is 44.5. The average Bonchev–Trinajstić information content (AvgIpc) is 3.11. The van der Waals surface area contributed by atoms with E-state index in [1.165, 1.54) is 23.6 Å². The van der Waals surface area contributed by atoms with Crippen LogP contribution in [-0.2, 0) is 12.8 Å². The molecule has 0 aliphatic rings. The summed E-state index contributed by atoms with van der Waals surface area (Å²) in [4.78, 5) is 20.9. The first-order chi connectivity index (χ1) is 14.7. The molecule has 2 N–H and O–H groups in total. The number of nitrogens with zero attached hydrogens (tertiary/aromatic N) is 2. The lowest BCUT2D eigenvalue weighted by Crippen LogP contribution is -2.29. The fourth-order valence-corrected chi connectivity index (χ4v) is 3.63. The first kappa shape index (κ1) is 22.8. The van der Waals surface area contributed by atoms with Crippen molar-refractivity contribution in [3.8, 4) is 5.75 Å². The van der Waals surface area contributed by atoms with Crippen LogP contribution in [0.1, 0.15) is 25.9 Å². The van der Waals surface area contributed by atoms with Gasteiger partial charge in [0, 0.05) is 24.3 Å². The molecule has 0 atom stereocenters. The molecule has 2 heterocycles. The van der Waals surface area contributed by atoms with Crippen molar-refractivity contribution in [2.24, 2.45) is 0 Å². The van der Waals surface area contributed by atoms with Crippen molar-refractivity contribution in [1.82, 2.24) is 15.3 Å². The van der Waals surface area contributed by atoms with Crippen LogP contribution in [0.25, 0.3) is 0 Å². The third-order valence-corrected chi connectivity index (χ3v) is 5.42. The molecular formula is C20H18ClF3N4O2S. The van der Waals surface area contributed by atoms with E-state index in [-0.39, 0.29) is 31.4 Å². The molecule has 3 rings (SSSR count). The topological polar surface area (TPSA) is 76.1 Å². The van der Waals surface area contributed by atoms with Crippen molar-refractivity contribution < 1.29 is 22.7 Å². The zero-order chi connectivity index (χ0) is 22.4. The van der Waals surface area contributed by atoms with Gasteiger partial charge in [0.25, 0.3) is 5.91 Å². The van der Waals surface area contributed by atoms with Crippen LogP contribution >= 0.6 is 22.9 Å². The van der Waals surface area contributed by atoms with E-state index in [9.17, 15) is 18.0 Å². The lowest BCUT2D eigenvalue weighted by Gasteiger charge is -2.13. The molecule has 1 amide bonds. The molecule has 0 unspecified atom stereocenters. The molecule has 0 saturated heterocycles. The highest BCUT2D eigenvalue weighted by atomic mass is 35.5. The van der Waals surface area contributed by atoms with E-state index < -0.39 is 11.7 Å². The number of benzene rings is 1. The molecule has 0 bridgehead atoms. The van der Waals surface area contributed by atoms with Crippen molar-refractivity contribution in [2.45, 2.75) is 19.7 Å². The number of ether oxygens (including phenoxy) is 1. The summed E-state index contributed by atoms with van der Waals surface area (Å²) in [7, 11) is 0. The second kappa shape index (κ2) is 9.97. The van der Waals surface area contributed by atoms with Gasteiger partial charge in [0.05, 0.1) is 11.3 Å². The lowest BCUT2D eigenvalue weighted by molar-refractivity contribution is -0.137. The van der Waals surface area contributed by atoms with Crippen LogP contribution in [0, 0.1) is 6.92 Å². The number of carbonyl (C=O) groups is 1. The summed E-state index contributed by atoms with van der Waals surface area (Å²) in [5.41, 5.74) is -0.306. The number of aryl methyl sites for hydroxylation is 1. The molecule has 2 aromatic heterocycles. The Hall–Kier alpha value is -2.85. The minimum absolute atomic E-state index is 0.0796. The molecule has 1 aromatic carbocycles. The summed E-state index contributed by atoms with van der Waals surface area (Å²) in [6.07, 6.45) is -3.24. The Balaban J connectivity index is 1.50. The number of halogens is 4. The van der Waals surface area contributed by atoms with Crippen molar-refractivity contribution in [2.75, 3.05) is 18.4 Å². The minimum atomic E-state index is -4.51. The van der Waals surface area contributed by atoms with Crippen LogP contribution in [0.4, 0.5) is 19.0 Å². The van der Waals surface area contributed by atoms with Gasteiger partial charge in [-0.1, -0.05) is 11.6 Å². The normalized spacial score (nSPS) is 11.3. The fraction of sp³-hybridized carbons (Fsp3) is 0.250. The maximum atomic E-state index is 13.0.